The van der Waals surface area contributed by atoms with Crippen molar-refractivity contribution in [1.29, 1.82) is 0 Å². The standard InChI is InChI=1S/C12H16ClN7S/c1-2-21-9-5-3-4-8(9)16-11-17-10(13)18-12(19-11)20-7-14-6-15-20/h6-9H,2-5H2,1H3,(H,16,17,18,19). The van der Waals surface area contributed by atoms with Crippen LogP contribution in [0.15, 0.2) is 12.7 Å². The second-order valence-electron chi connectivity index (χ2n) is 4.74. The highest BCUT2D eigenvalue weighted by Gasteiger charge is 2.28. The number of hydrogen-bond donors (Lipinski definition) is 1. The number of nitrogens with zero attached hydrogens (tertiary/aromatic N) is 6. The summed E-state index contributed by atoms with van der Waals surface area (Å²) in [4.78, 5) is 16.5. The van der Waals surface area contributed by atoms with Crippen LogP contribution >= 0.6 is 23.4 Å². The molecule has 1 N–H and O–H groups in total. The third-order valence-electron chi connectivity index (χ3n) is 3.37. The minimum Gasteiger partial charge on any atom is -0.350 e. The van der Waals surface area contributed by atoms with Crippen molar-refractivity contribution < 1.29 is 0 Å². The first-order valence-electron chi connectivity index (χ1n) is 6.91. The number of aromatic nitrogens is 6. The molecule has 3 rings (SSSR count). The van der Waals surface area contributed by atoms with E-state index in [1.807, 2.05) is 11.8 Å². The van der Waals surface area contributed by atoms with Gasteiger partial charge < -0.3 is 5.32 Å². The van der Waals surface area contributed by atoms with E-state index in [0.29, 0.717) is 23.2 Å². The van der Waals surface area contributed by atoms with Crippen molar-refractivity contribution >= 4 is 29.3 Å². The van der Waals surface area contributed by atoms with E-state index >= 15 is 0 Å². The Bertz CT molecular complexity index is 591. The molecule has 0 bridgehead atoms. The molecule has 2 heterocycles. The maximum absolute atomic E-state index is 5.98. The average molecular weight is 326 g/mol. The molecule has 2 unspecified atom stereocenters. The Hall–Kier alpha value is -1.41. The minimum atomic E-state index is 0.149. The Balaban J connectivity index is 1.79. The van der Waals surface area contributed by atoms with Gasteiger partial charge in [0.2, 0.25) is 11.2 Å². The van der Waals surface area contributed by atoms with Gasteiger partial charge in [-0.1, -0.05) is 13.3 Å². The molecule has 2 aromatic rings. The lowest BCUT2D eigenvalue weighted by Crippen LogP contribution is -2.27. The zero-order valence-corrected chi connectivity index (χ0v) is 13.2. The first-order chi connectivity index (χ1) is 10.3. The van der Waals surface area contributed by atoms with Crippen LogP contribution in [0.5, 0.6) is 0 Å². The summed E-state index contributed by atoms with van der Waals surface area (Å²) < 4.78 is 1.46. The van der Waals surface area contributed by atoms with Crippen molar-refractivity contribution in [3.8, 4) is 5.95 Å². The van der Waals surface area contributed by atoms with E-state index in [4.69, 9.17) is 11.6 Å². The van der Waals surface area contributed by atoms with Gasteiger partial charge in [-0.25, -0.2) is 4.98 Å². The largest absolute Gasteiger partial charge is 0.350 e. The lowest BCUT2D eigenvalue weighted by atomic mass is 10.2. The highest BCUT2D eigenvalue weighted by molar-refractivity contribution is 7.99. The molecule has 0 aliphatic heterocycles. The molecule has 1 aliphatic carbocycles. The fourth-order valence-corrected chi connectivity index (χ4v) is 3.84. The van der Waals surface area contributed by atoms with Crippen LogP contribution in [0.3, 0.4) is 0 Å². The van der Waals surface area contributed by atoms with E-state index < -0.39 is 0 Å². The van der Waals surface area contributed by atoms with E-state index in [-0.39, 0.29) is 5.28 Å². The molecule has 1 aliphatic rings. The lowest BCUT2D eigenvalue weighted by Gasteiger charge is -2.20. The highest BCUT2D eigenvalue weighted by atomic mass is 35.5. The van der Waals surface area contributed by atoms with Crippen molar-refractivity contribution in [2.75, 3.05) is 11.1 Å². The van der Waals surface area contributed by atoms with Gasteiger partial charge in [-0.15, -0.1) is 0 Å². The van der Waals surface area contributed by atoms with Crippen LogP contribution in [-0.2, 0) is 0 Å². The Morgan fingerprint density at radius 2 is 2.29 bits per heavy atom. The summed E-state index contributed by atoms with van der Waals surface area (Å²) in [5, 5.41) is 8.14. The van der Waals surface area contributed by atoms with Crippen LogP contribution in [0.4, 0.5) is 5.95 Å². The average Bonchev–Trinajstić information content (AvgIpc) is 3.11. The van der Waals surface area contributed by atoms with Crippen LogP contribution in [0, 0.1) is 0 Å². The quantitative estimate of drug-likeness (QED) is 0.902. The Kier molecular flexibility index (Phi) is 4.54. The molecule has 7 nitrogen and oxygen atoms in total. The number of thioether (sulfide) groups is 1. The Morgan fingerprint density at radius 1 is 1.38 bits per heavy atom. The second kappa shape index (κ2) is 6.57. The third-order valence-corrected chi connectivity index (χ3v) is 4.86. The summed E-state index contributed by atoms with van der Waals surface area (Å²) in [6.07, 6.45) is 6.53. The van der Waals surface area contributed by atoms with E-state index in [9.17, 15) is 0 Å². The van der Waals surface area contributed by atoms with Gasteiger partial charge in [0.1, 0.15) is 12.7 Å². The predicted molar refractivity (Wildman–Crippen MR) is 82.9 cm³/mol. The summed E-state index contributed by atoms with van der Waals surface area (Å²) in [6, 6.07) is 0.372. The maximum Gasteiger partial charge on any atom is 0.258 e. The van der Waals surface area contributed by atoms with Crippen LogP contribution < -0.4 is 5.32 Å². The van der Waals surface area contributed by atoms with Crippen LogP contribution in [0.2, 0.25) is 5.28 Å². The van der Waals surface area contributed by atoms with Crippen LogP contribution in [0.25, 0.3) is 5.95 Å². The van der Waals surface area contributed by atoms with Crippen LogP contribution in [0.1, 0.15) is 26.2 Å². The minimum absolute atomic E-state index is 0.149. The zero-order valence-electron chi connectivity index (χ0n) is 11.6. The van der Waals surface area contributed by atoms with E-state index in [1.54, 1.807) is 0 Å². The first-order valence-corrected chi connectivity index (χ1v) is 8.33. The predicted octanol–water partition coefficient (Wildman–Crippen LogP) is 2.19. The molecular weight excluding hydrogens is 310 g/mol. The van der Waals surface area contributed by atoms with Gasteiger partial charge in [0.25, 0.3) is 5.95 Å². The van der Waals surface area contributed by atoms with Gasteiger partial charge in [-0.2, -0.15) is 36.5 Å². The van der Waals surface area contributed by atoms with Gasteiger partial charge in [0.05, 0.1) is 0 Å². The first kappa shape index (κ1) is 14.5. The topological polar surface area (TPSA) is 81.4 Å². The van der Waals surface area contributed by atoms with Gasteiger partial charge in [0, 0.05) is 11.3 Å². The second-order valence-corrected chi connectivity index (χ2v) is 6.60. The SMILES string of the molecule is CCSC1CCCC1Nc1nc(Cl)nc(-n2cncn2)n1. The van der Waals surface area contributed by atoms with Gasteiger partial charge >= 0.3 is 0 Å². The van der Waals surface area contributed by atoms with Crippen molar-refractivity contribution in [1.82, 2.24) is 29.7 Å². The molecule has 0 spiro atoms. The molecule has 0 saturated heterocycles. The lowest BCUT2D eigenvalue weighted by molar-refractivity contribution is 0.741. The van der Waals surface area contributed by atoms with Gasteiger partial charge in [-0.3, -0.25) is 0 Å². The molecular formula is C12H16ClN7S. The zero-order chi connectivity index (χ0) is 14.7. The fraction of sp³-hybridized carbons (Fsp3) is 0.583. The summed E-state index contributed by atoms with van der Waals surface area (Å²) in [5.41, 5.74) is 0. The highest BCUT2D eigenvalue weighted by Crippen LogP contribution is 2.31. The summed E-state index contributed by atoms with van der Waals surface area (Å²) in [5.74, 6) is 1.98. The van der Waals surface area contributed by atoms with Crippen molar-refractivity contribution in [2.45, 2.75) is 37.5 Å². The molecule has 9 heteroatoms. The number of rotatable bonds is 5. The van der Waals surface area contributed by atoms with E-state index in [1.165, 1.54) is 30.2 Å². The normalized spacial score (nSPS) is 21.6. The summed E-state index contributed by atoms with van der Waals surface area (Å²) in [6.45, 7) is 2.18. The Morgan fingerprint density at radius 3 is 3.05 bits per heavy atom. The molecule has 1 fully saturated rings. The molecule has 2 aromatic heterocycles. The molecule has 0 aromatic carbocycles. The Labute approximate surface area is 131 Å². The summed E-state index contributed by atoms with van der Waals surface area (Å²) in [7, 11) is 0. The maximum atomic E-state index is 5.98. The molecule has 21 heavy (non-hydrogen) atoms. The number of nitrogens with one attached hydrogen (secondary N) is 1. The van der Waals surface area contributed by atoms with Gasteiger partial charge in [-0.05, 0) is 30.2 Å². The molecule has 0 radical (unpaired) electrons. The van der Waals surface area contributed by atoms with E-state index in [2.05, 4.69) is 37.3 Å². The monoisotopic (exact) mass is 325 g/mol. The number of halogens is 1. The van der Waals surface area contributed by atoms with Gasteiger partial charge in [0.15, 0.2) is 0 Å². The molecule has 0 amide bonds. The fourth-order valence-electron chi connectivity index (χ4n) is 2.49. The van der Waals surface area contributed by atoms with Crippen molar-refractivity contribution in [2.24, 2.45) is 0 Å². The molecule has 112 valence electrons. The smallest absolute Gasteiger partial charge is 0.258 e. The third kappa shape index (κ3) is 3.44. The number of anilines is 1. The summed E-state index contributed by atoms with van der Waals surface area (Å²) >= 11 is 7.96. The van der Waals surface area contributed by atoms with Crippen LogP contribution in [-0.4, -0.2) is 46.8 Å². The van der Waals surface area contributed by atoms with Crippen molar-refractivity contribution in [3.05, 3.63) is 17.9 Å². The van der Waals surface area contributed by atoms with E-state index in [0.717, 1.165) is 12.2 Å². The van der Waals surface area contributed by atoms with Crippen molar-refractivity contribution in [3.63, 3.8) is 0 Å². The molecule has 1 saturated carbocycles. The number of hydrogen-bond acceptors (Lipinski definition) is 7. The molecule has 2 atom stereocenters.